The summed E-state index contributed by atoms with van der Waals surface area (Å²) in [5.41, 5.74) is 1.25. The molecule has 1 aromatic heterocycles. The van der Waals surface area contributed by atoms with Crippen LogP contribution in [0, 0.1) is 12.7 Å². The van der Waals surface area contributed by atoms with Crippen LogP contribution < -0.4 is 10.6 Å². The quantitative estimate of drug-likeness (QED) is 0.855. The molecular weight excluding hydrogens is 271 g/mol. The van der Waals surface area contributed by atoms with Crippen molar-refractivity contribution in [1.82, 2.24) is 9.97 Å². The molecule has 5 nitrogen and oxygen atoms in total. The molecule has 21 heavy (non-hydrogen) atoms. The van der Waals surface area contributed by atoms with E-state index in [0.29, 0.717) is 41.9 Å². The second-order valence-corrected chi connectivity index (χ2v) is 4.53. The highest BCUT2D eigenvalue weighted by Crippen LogP contribution is 2.20. The first-order valence-electron chi connectivity index (χ1n) is 6.79. The van der Waals surface area contributed by atoms with E-state index in [2.05, 4.69) is 20.6 Å². The lowest BCUT2D eigenvalue weighted by Crippen LogP contribution is -2.05. The molecule has 0 saturated carbocycles. The normalized spacial score (nSPS) is 10.5. The van der Waals surface area contributed by atoms with Crippen LogP contribution in [0.25, 0.3) is 0 Å². The van der Waals surface area contributed by atoms with Crippen LogP contribution in [-0.4, -0.2) is 23.6 Å². The molecule has 0 amide bonds. The molecule has 1 heterocycles. The van der Waals surface area contributed by atoms with Gasteiger partial charge in [-0.2, -0.15) is 0 Å². The summed E-state index contributed by atoms with van der Waals surface area (Å²) in [4.78, 5) is 8.66. The largest absolute Gasteiger partial charge is 0.374 e. The number of aromatic nitrogens is 2. The Morgan fingerprint density at radius 3 is 2.62 bits per heavy atom. The van der Waals surface area contributed by atoms with Crippen molar-refractivity contribution in [2.24, 2.45) is 0 Å². The molecule has 0 atom stereocenters. The lowest BCUT2D eigenvalue weighted by Gasteiger charge is -2.10. The van der Waals surface area contributed by atoms with Gasteiger partial charge < -0.3 is 15.4 Å². The van der Waals surface area contributed by atoms with Gasteiger partial charge in [-0.3, -0.25) is 0 Å². The van der Waals surface area contributed by atoms with Crippen LogP contribution in [0.3, 0.4) is 0 Å². The number of ether oxygens (including phenoxy) is 1. The van der Waals surface area contributed by atoms with Crippen LogP contribution in [0.4, 0.5) is 21.7 Å². The number of aryl methyl sites for hydroxylation is 1. The van der Waals surface area contributed by atoms with Crippen LogP contribution >= 0.6 is 0 Å². The number of hydrogen-bond acceptors (Lipinski definition) is 5. The molecule has 2 N–H and O–H groups in total. The average Bonchev–Trinajstić information content (AvgIpc) is 2.48. The third-order valence-electron chi connectivity index (χ3n) is 2.91. The first-order valence-corrected chi connectivity index (χ1v) is 6.79. The van der Waals surface area contributed by atoms with E-state index in [4.69, 9.17) is 4.74 Å². The van der Waals surface area contributed by atoms with Gasteiger partial charge in [-0.15, -0.1) is 0 Å². The van der Waals surface area contributed by atoms with E-state index in [1.165, 1.54) is 6.07 Å². The van der Waals surface area contributed by atoms with Crippen molar-refractivity contribution >= 4 is 17.3 Å². The van der Waals surface area contributed by atoms with E-state index in [-0.39, 0.29) is 5.82 Å². The van der Waals surface area contributed by atoms with Gasteiger partial charge in [0, 0.05) is 25.4 Å². The predicted octanol–water partition coefficient (Wildman–Crippen LogP) is 3.25. The van der Waals surface area contributed by atoms with Crippen LogP contribution in [0.1, 0.15) is 18.3 Å². The molecule has 2 aromatic rings. The van der Waals surface area contributed by atoms with E-state index in [0.717, 1.165) is 0 Å². The summed E-state index contributed by atoms with van der Waals surface area (Å²) in [6.07, 6.45) is 0. The number of halogens is 1. The Balaban J connectivity index is 2.23. The molecule has 0 bridgehead atoms. The molecular formula is C15H19FN4O. The number of nitrogens with one attached hydrogen (secondary N) is 2. The van der Waals surface area contributed by atoms with E-state index in [1.807, 2.05) is 13.0 Å². The first-order chi connectivity index (χ1) is 10.1. The maximum Gasteiger partial charge on any atom is 0.158 e. The summed E-state index contributed by atoms with van der Waals surface area (Å²) in [5.74, 6) is 1.58. The summed E-state index contributed by atoms with van der Waals surface area (Å²) >= 11 is 0. The summed E-state index contributed by atoms with van der Waals surface area (Å²) < 4.78 is 18.9. The van der Waals surface area contributed by atoms with Crippen molar-refractivity contribution in [3.8, 4) is 0 Å². The van der Waals surface area contributed by atoms with Crippen LogP contribution in [0.5, 0.6) is 0 Å². The highest BCUT2D eigenvalue weighted by Gasteiger charge is 2.06. The maximum atomic E-state index is 13.6. The fourth-order valence-corrected chi connectivity index (χ4v) is 1.77. The highest BCUT2D eigenvalue weighted by atomic mass is 19.1. The molecule has 112 valence electrons. The molecule has 0 aliphatic heterocycles. The molecule has 2 rings (SSSR count). The standard InChI is InChI=1S/C15H19FN4O/c1-4-21-9-15-19-13(17-3)8-14(20-15)18-11-6-5-10(2)12(16)7-11/h5-8H,4,9H2,1-3H3,(H2,17,18,19,20). The summed E-state index contributed by atoms with van der Waals surface area (Å²) in [7, 11) is 1.78. The smallest absolute Gasteiger partial charge is 0.158 e. The molecule has 0 saturated heterocycles. The molecule has 0 aliphatic carbocycles. The Hall–Kier alpha value is -2.21. The lowest BCUT2D eigenvalue weighted by molar-refractivity contribution is 0.128. The second kappa shape index (κ2) is 6.99. The summed E-state index contributed by atoms with van der Waals surface area (Å²) in [6, 6.07) is 6.73. The van der Waals surface area contributed by atoms with E-state index in [1.54, 1.807) is 26.1 Å². The van der Waals surface area contributed by atoms with Crippen molar-refractivity contribution in [3.63, 3.8) is 0 Å². The zero-order valence-corrected chi connectivity index (χ0v) is 12.4. The third kappa shape index (κ3) is 4.13. The van der Waals surface area contributed by atoms with Gasteiger partial charge in [0.25, 0.3) is 0 Å². The number of rotatable bonds is 6. The monoisotopic (exact) mass is 290 g/mol. The molecule has 0 aliphatic rings. The van der Waals surface area contributed by atoms with Crippen molar-refractivity contribution in [3.05, 3.63) is 41.5 Å². The SMILES string of the molecule is CCOCc1nc(NC)cc(Nc2ccc(C)c(F)c2)n1. The van der Waals surface area contributed by atoms with Gasteiger partial charge in [-0.1, -0.05) is 6.07 Å². The molecule has 0 unspecified atom stereocenters. The third-order valence-corrected chi connectivity index (χ3v) is 2.91. The fourth-order valence-electron chi connectivity index (χ4n) is 1.77. The van der Waals surface area contributed by atoms with Crippen LogP contribution in [0.2, 0.25) is 0 Å². The van der Waals surface area contributed by atoms with Gasteiger partial charge in [-0.05, 0) is 31.5 Å². The summed E-state index contributed by atoms with van der Waals surface area (Å²) in [5, 5.41) is 6.05. The Morgan fingerprint density at radius 2 is 1.95 bits per heavy atom. The number of benzene rings is 1. The second-order valence-electron chi connectivity index (χ2n) is 4.53. The minimum Gasteiger partial charge on any atom is -0.374 e. The lowest BCUT2D eigenvalue weighted by atomic mass is 10.2. The summed E-state index contributed by atoms with van der Waals surface area (Å²) in [6.45, 7) is 4.57. The highest BCUT2D eigenvalue weighted by molar-refractivity contribution is 5.59. The van der Waals surface area contributed by atoms with Crippen molar-refractivity contribution in [1.29, 1.82) is 0 Å². The predicted molar refractivity (Wildman–Crippen MR) is 81.3 cm³/mol. The number of hydrogen-bond donors (Lipinski definition) is 2. The topological polar surface area (TPSA) is 59.1 Å². The fraction of sp³-hybridized carbons (Fsp3) is 0.333. The van der Waals surface area contributed by atoms with E-state index < -0.39 is 0 Å². The van der Waals surface area contributed by atoms with Crippen molar-refractivity contribution in [2.45, 2.75) is 20.5 Å². The minimum atomic E-state index is -0.252. The Kier molecular flexibility index (Phi) is 5.05. The van der Waals surface area contributed by atoms with Gasteiger partial charge in [0.2, 0.25) is 0 Å². The minimum absolute atomic E-state index is 0.252. The Bertz CT molecular complexity index is 619. The van der Waals surface area contributed by atoms with Crippen molar-refractivity contribution in [2.75, 3.05) is 24.3 Å². The van der Waals surface area contributed by atoms with Gasteiger partial charge >= 0.3 is 0 Å². The van der Waals surface area contributed by atoms with Gasteiger partial charge in [0.15, 0.2) is 5.82 Å². The average molecular weight is 290 g/mol. The molecule has 0 radical (unpaired) electrons. The Labute approximate surface area is 123 Å². The van der Waals surface area contributed by atoms with Crippen molar-refractivity contribution < 1.29 is 9.13 Å². The van der Waals surface area contributed by atoms with Gasteiger partial charge in [0.05, 0.1) is 0 Å². The zero-order chi connectivity index (χ0) is 15.2. The number of nitrogens with zero attached hydrogens (tertiary/aromatic N) is 2. The molecule has 0 spiro atoms. The van der Waals surface area contributed by atoms with Crippen LogP contribution in [-0.2, 0) is 11.3 Å². The Morgan fingerprint density at radius 1 is 1.19 bits per heavy atom. The zero-order valence-electron chi connectivity index (χ0n) is 12.4. The van der Waals surface area contributed by atoms with E-state index in [9.17, 15) is 4.39 Å². The van der Waals surface area contributed by atoms with Gasteiger partial charge in [-0.25, -0.2) is 14.4 Å². The molecule has 6 heteroatoms. The number of anilines is 3. The maximum absolute atomic E-state index is 13.6. The first kappa shape index (κ1) is 15.2. The van der Waals surface area contributed by atoms with Crippen LogP contribution in [0.15, 0.2) is 24.3 Å². The van der Waals surface area contributed by atoms with E-state index >= 15 is 0 Å². The molecule has 0 fully saturated rings. The molecule has 1 aromatic carbocycles. The van der Waals surface area contributed by atoms with Gasteiger partial charge in [0.1, 0.15) is 24.1 Å².